The quantitative estimate of drug-likeness (QED) is 0.651. The standard InChI is InChI=1S/C8H15NO4S/c1-7(10)9-14(3,12)6-4-5-8(11)13-2/h4-6H2,1-3H3. The molecule has 0 saturated heterocycles. The monoisotopic (exact) mass is 221 g/mol. The minimum absolute atomic E-state index is 0.203. The normalized spacial score (nSPS) is 14.2. The summed E-state index contributed by atoms with van der Waals surface area (Å²) < 4.78 is 19.4. The van der Waals surface area contributed by atoms with E-state index in [2.05, 4.69) is 9.10 Å². The number of carbonyl (C=O) groups excluding carboxylic acids is 2. The van der Waals surface area contributed by atoms with Crippen LogP contribution in [-0.2, 0) is 24.1 Å². The zero-order chi connectivity index (χ0) is 11.2. The molecule has 1 atom stereocenters. The van der Waals surface area contributed by atoms with Crippen LogP contribution in [0.5, 0.6) is 0 Å². The predicted molar refractivity (Wildman–Crippen MR) is 53.3 cm³/mol. The van der Waals surface area contributed by atoms with Crippen molar-refractivity contribution in [1.82, 2.24) is 0 Å². The van der Waals surface area contributed by atoms with E-state index < -0.39 is 15.6 Å². The largest absolute Gasteiger partial charge is 0.469 e. The third-order valence-corrected chi connectivity index (χ3v) is 3.14. The lowest BCUT2D eigenvalue weighted by atomic mass is 10.3. The maximum absolute atomic E-state index is 11.5. The van der Waals surface area contributed by atoms with E-state index in [1.165, 1.54) is 20.3 Å². The van der Waals surface area contributed by atoms with Crippen LogP contribution in [0.1, 0.15) is 19.8 Å². The Kier molecular flexibility index (Phi) is 5.37. The number of hydrogen-bond acceptors (Lipinski definition) is 4. The fourth-order valence-corrected chi connectivity index (χ4v) is 2.22. The summed E-state index contributed by atoms with van der Waals surface area (Å²) in [5, 5.41) is 0. The first kappa shape index (κ1) is 13.1. The van der Waals surface area contributed by atoms with Crippen LogP contribution >= 0.6 is 0 Å². The van der Waals surface area contributed by atoms with E-state index in [4.69, 9.17) is 0 Å². The third-order valence-electron chi connectivity index (χ3n) is 1.45. The van der Waals surface area contributed by atoms with Gasteiger partial charge in [0.2, 0.25) is 0 Å². The first-order valence-corrected chi connectivity index (χ1v) is 6.24. The molecular weight excluding hydrogens is 206 g/mol. The SMILES string of the molecule is COC(=O)CCCS(C)(=O)=NC(C)=O. The lowest BCUT2D eigenvalue weighted by molar-refractivity contribution is -0.140. The minimum Gasteiger partial charge on any atom is -0.469 e. The van der Waals surface area contributed by atoms with E-state index >= 15 is 0 Å². The van der Waals surface area contributed by atoms with Gasteiger partial charge in [0, 0.05) is 25.4 Å². The van der Waals surface area contributed by atoms with Gasteiger partial charge in [0.1, 0.15) is 0 Å². The fraction of sp³-hybridized carbons (Fsp3) is 0.750. The molecule has 1 unspecified atom stereocenters. The second-order valence-corrected chi connectivity index (χ2v) is 5.46. The van der Waals surface area contributed by atoms with Crippen LogP contribution in [0.15, 0.2) is 4.36 Å². The molecule has 0 radical (unpaired) electrons. The maximum Gasteiger partial charge on any atom is 0.305 e. The highest BCUT2D eigenvalue weighted by Crippen LogP contribution is 1.99. The summed E-state index contributed by atoms with van der Waals surface area (Å²) in [4.78, 5) is 21.3. The number of esters is 1. The van der Waals surface area contributed by atoms with Gasteiger partial charge in [-0.05, 0) is 6.42 Å². The summed E-state index contributed by atoms with van der Waals surface area (Å²) in [6.45, 7) is 1.25. The summed E-state index contributed by atoms with van der Waals surface area (Å²) >= 11 is 0. The van der Waals surface area contributed by atoms with Gasteiger partial charge in [-0.2, -0.15) is 4.36 Å². The van der Waals surface area contributed by atoms with E-state index in [-0.39, 0.29) is 18.1 Å². The van der Waals surface area contributed by atoms with Crippen LogP contribution in [0.3, 0.4) is 0 Å². The Morgan fingerprint density at radius 2 is 2.00 bits per heavy atom. The average molecular weight is 221 g/mol. The molecule has 0 aromatic carbocycles. The molecule has 0 aromatic rings. The molecule has 14 heavy (non-hydrogen) atoms. The van der Waals surface area contributed by atoms with E-state index in [1.54, 1.807) is 0 Å². The Bertz CT molecular complexity index is 328. The number of hydrogen-bond donors (Lipinski definition) is 0. The van der Waals surface area contributed by atoms with E-state index in [9.17, 15) is 13.8 Å². The first-order valence-electron chi connectivity index (χ1n) is 4.14. The van der Waals surface area contributed by atoms with Crippen molar-refractivity contribution in [2.24, 2.45) is 4.36 Å². The van der Waals surface area contributed by atoms with Crippen molar-refractivity contribution in [3.63, 3.8) is 0 Å². The van der Waals surface area contributed by atoms with Gasteiger partial charge in [-0.3, -0.25) is 9.59 Å². The average Bonchev–Trinajstić information content (AvgIpc) is 2.01. The minimum atomic E-state index is -2.47. The van der Waals surface area contributed by atoms with Crippen molar-refractivity contribution in [2.75, 3.05) is 19.1 Å². The van der Waals surface area contributed by atoms with Crippen molar-refractivity contribution in [1.29, 1.82) is 0 Å². The Hall–Kier alpha value is -0.910. The van der Waals surface area contributed by atoms with Crippen LogP contribution in [0, 0.1) is 0 Å². The molecule has 0 spiro atoms. The van der Waals surface area contributed by atoms with Crippen molar-refractivity contribution in [3.8, 4) is 0 Å². The van der Waals surface area contributed by atoms with E-state index in [0.29, 0.717) is 6.42 Å². The molecule has 0 rings (SSSR count). The molecule has 6 heteroatoms. The molecule has 0 aliphatic carbocycles. The third kappa shape index (κ3) is 6.59. The predicted octanol–water partition coefficient (Wildman–Crippen LogP) is 0.584. The summed E-state index contributed by atoms with van der Waals surface area (Å²) in [5.74, 6) is -0.555. The molecule has 0 aromatic heterocycles. The van der Waals surface area contributed by atoms with Crippen LogP contribution in [0.2, 0.25) is 0 Å². The molecule has 0 heterocycles. The van der Waals surface area contributed by atoms with Gasteiger partial charge in [-0.15, -0.1) is 0 Å². The van der Waals surface area contributed by atoms with Crippen LogP contribution in [0.4, 0.5) is 0 Å². The fourth-order valence-electron chi connectivity index (χ4n) is 0.904. The highest BCUT2D eigenvalue weighted by atomic mass is 32.2. The smallest absolute Gasteiger partial charge is 0.305 e. The van der Waals surface area contributed by atoms with Crippen LogP contribution in [0.25, 0.3) is 0 Å². The van der Waals surface area contributed by atoms with Gasteiger partial charge in [0.05, 0.1) is 16.8 Å². The Morgan fingerprint density at radius 3 is 2.43 bits per heavy atom. The molecule has 0 bridgehead atoms. The summed E-state index contributed by atoms with van der Waals surface area (Å²) in [6, 6.07) is 0. The number of methoxy groups -OCH3 is 1. The van der Waals surface area contributed by atoms with Crippen molar-refractivity contribution in [3.05, 3.63) is 0 Å². The summed E-state index contributed by atoms with van der Waals surface area (Å²) in [7, 11) is -1.17. The van der Waals surface area contributed by atoms with Crippen molar-refractivity contribution < 1.29 is 18.5 Å². The highest BCUT2D eigenvalue weighted by Gasteiger charge is 2.06. The Balaban J connectivity index is 4.08. The van der Waals surface area contributed by atoms with E-state index in [1.807, 2.05) is 0 Å². The van der Waals surface area contributed by atoms with Gasteiger partial charge < -0.3 is 4.74 Å². The summed E-state index contributed by atoms with van der Waals surface area (Å²) in [6.07, 6.45) is 2.03. The van der Waals surface area contributed by atoms with Crippen LogP contribution in [-0.4, -0.2) is 35.2 Å². The molecule has 0 saturated carbocycles. The van der Waals surface area contributed by atoms with Crippen molar-refractivity contribution >= 4 is 21.6 Å². The lowest BCUT2D eigenvalue weighted by Gasteiger charge is -2.01. The van der Waals surface area contributed by atoms with Crippen molar-refractivity contribution in [2.45, 2.75) is 19.8 Å². The van der Waals surface area contributed by atoms with Gasteiger partial charge in [0.15, 0.2) is 0 Å². The number of rotatable bonds is 4. The molecule has 82 valence electrons. The molecule has 0 N–H and O–H groups in total. The van der Waals surface area contributed by atoms with Gasteiger partial charge in [-0.1, -0.05) is 0 Å². The first-order chi connectivity index (χ1) is 6.37. The molecule has 0 fully saturated rings. The van der Waals surface area contributed by atoms with Gasteiger partial charge in [0.25, 0.3) is 5.91 Å². The highest BCUT2D eigenvalue weighted by molar-refractivity contribution is 7.93. The number of amides is 1. The molecule has 5 nitrogen and oxygen atoms in total. The summed E-state index contributed by atoms with van der Waals surface area (Å²) in [5.41, 5.74) is 0. The molecule has 0 aliphatic rings. The second-order valence-electron chi connectivity index (χ2n) is 2.95. The molecular formula is C8H15NO4S. The number of nitrogens with zero attached hydrogens (tertiary/aromatic N) is 1. The zero-order valence-electron chi connectivity index (χ0n) is 8.61. The second kappa shape index (κ2) is 5.74. The van der Waals surface area contributed by atoms with Crippen LogP contribution < -0.4 is 0 Å². The Morgan fingerprint density at radius 1 is 1.43 bits per heavy atom. The Labute approximate surface area is 84.0 Å². The molecule has 1 amide bonds. The van der Waals surface area contributed by atoms with E-state index in [0.717, 1.165) is 0 Å². The number of ether oxygens (including phenoxy) is 1. The molecule has 0 aliphatic heterocycles. The number of carbonyl (C=O) groups is 2. The zero-order valence-corrected chi connectivity index (χ0v) is 9.43. The topological polar surface area (TPSA) is 72.8 Å². The van der Waals surface area contributed by atoms with Gasteiger partial charge in [-0.25, -0.2) is 4.21 Å². The van der Waals surface area contributed by atoms with Gasteiger partial charge >= 0.3 is 5.97 Å². The lowest BCUT2D eigenvalue weighted by Crippen LogP contribution is -2.08. The maximum atomic E-state index is 11.5.